The Bertz CT molecular complexity index is 975. The zero-order valence-electron chi connectivity index (χ0n) is 13.6. The fourth-order valence-corrected chi connectivity index (χ4v) is 4.47. The predicted molar refractivity (Wildman–Crippen MR) is 95.8 cm³/mol. The summed E-state index contributed by atoms with van der Waals surface area (Å²) in [6, 6.07) is 7.50. The predicted octanol–water partition coefficient (Wildman–Crippen LogP) is 3.31. The Kier molecular flexibility index (Phi) is 3.84. The summed E-state index contributed by atoms with van der Waals surface area (Å²) in [6.45, 7) is 2.93. The van der Waals surface area contributed by atoms with Crippen molar-refractivity contribution in [3.8, 4) is 0 Å². The maximum absolute atomic E-state index is 12.9. The van der Waals surface area contributed by atoms with Gasteiger partial charge >= 0.3 is 0 Å². The second-order valence-electron chi connectivity index (χ2n) is 6.23. The van der Waals surface area contributed by atoms with Crippen LogP contribution < -0.4 is 5.56 Å². The number of hydrogen-bond donors (Lipinski definition) is 0. The van der Waals surface area contributed by atoms with Gasteiger partial charge in [0.05, 0.1) is 10.3 Å². The molecule has 24 heavy (non-hydrogen) atoms. The Morgan fingerprint density at radius 2 is 2.25 bits per heavy atom. The quantitative estimate of drug-likeness (QED) is 0.718. The van der Waals surface area contributed by atoms with E-state index in [2.05, 4.69) is 11.9 Å². The van der Waals surface area contributed by atoms with Crippen molar-refractivity contribution in [2.75, 3.05) is 6.54 Å². The van der Waals surface area contributed by atoms with Crippen LogP contribution in [0, 0.1) is 0 Å². The lowest BCUT2D eigenvalue weighted by Crippen LogP contribution is -2.43. The molecule has 1 aliphatic rings. The third kappa shape index (κ3) is 2.41. The number of rotatable bonds is 2. The molecule has 0 aromatic carbocycles. The Balaban J connectivity index is 1.80. The van der Waals surface area contributed by atoms with Gasteiger partial charge in [-0.3, -0.25) is 14.0 Å². The van der Waals surface area contributed by atoms with Crippen molar-refractivity contribution in [2.45, 2.75) is 38.6 Å². The van der Waals surface area contributed by atoms with Crippen LogP contribution in [-0.4, -0.2) is 32.8 Å². The number of carbonyl (C=O) groups excluding carboxylic acids is 1. The summed E-state index contributed by atoms with van der Waals surface area (Å²) >= 11 is 1.32. The largest absolute Gasteiger partial charge is 0.335 e. The normalized spacial score (nSPS) is 18.4. The summed E-state index contributed by atoms with van der Waals surface area (Å²) in [5, 5.41) is 0.525. The minimum Gasteiger partial charge on any atom is -0.335 e. The van der Waals surface area contributed by atoms with Gasteiger partial charge in [-0.25, -0.2) is 4.98 Å². The second-order valence-corrected chi connectivity index (χ2v) is 7.26. The summed E-state index contributed by atoms with van der Waals surface area (Å²) in [6.07, 6.45) is 5.99. The number of likely N-dealkylation sites (tertiary alicyclic amines) is 1. The molecule has 1 fully saturated rings. The average molecular weight is 341 g/mol. The molecule has 0 spiro atoms. The molecule has 5 nitrogen and oxygen atoms in total. The van der Waals surface area contributed by atoms with Crippen molar-refractivity contribution in [2.24, 2.45) is 0 Å². The highest BCUT2D eigenvalue weighted by Gasteiger charge is 2.27. The molecule has 3 aromatic heterocycles. The summed E-state index contributed by atoms with van der Waals surface area (Å²) in [5.74, 6) is 0.0398. The molecule has 0 aliphatic carbocycles. The summed E-state index contributed by atoms with van der Waals surface area (Å²) < 4.78 is 1.53. The first kappa shape index (κ1) is 15.3. The SMILES string of the molecule is CC[C@H]1CCCCN1C(=O)c1cc2c(=O)n3ccccc3nc2s1. The van der Waals surface area contributed by atoms with Crippen LogP contribution in [0.3, 0.4) is 0 Å². The average Bonchev–Trinajstić information content (AvgIpc) is 3.05. The molecule has 1 atom stereocenters. The van der Waals surface area contributed by atoms with Gasteiger partial charge in [-0.1, -0.05) is 13.0 Å². The first-order chi connectivity index (χ1) is 11.7. The van der Waals surface area contributed by atoms with Crippen LogP contribution >= 0.6 is 11.3 Å². The van der Waals surface area contributed by atoms with Crippen LogP contribution in [0.4, 0.5) is 0 Å². The molecule has 1 amide bonds. The number of thiophene rings is 1. The first-order valence-electron chi connectivity index (χ1n) is 8.41. The van der Waals surface area contributed by atoms with Crippen molar-refractivity contribution in [3.05, 3.63) is 45.7 Å². The lowest BCUT2D eigenvalue weighted by Gasteiger charge is -2.34. The van der Waals surface area contributed by atoms with Gasteiger partial charge < -0.3 is 4.90 Å². The maximum Gasteiger partial charge on any atom is 0.266 e. The van der Waals surface area contributed by atoms with E-state index in [1.165, 1.54) is 22.2 Å². The third-order valence-corrected chi connectivity index (χ3v) is 5.80. The van der Waals surface area contributed by atoms with Crippen LogP contribution in [0.1, 0.15) is 42.3 Å². The Morgan fingerprint density at radius 1 is 1.38 bits per heavy atom. The number of carbonyl (C=O) groups is 1. The highest BCUT2D eigenvalue weighted by atomic mass is 32.1. The van der Waals surface area contributed by atoms with Crippen molar-refractivity contribution in [1.82, 2.24) is 14.3 Å². The van der Waals surface area contributed by atoms with Gasteiger partial charge in [-0.15, -0.1) is 11.3 Å². The summed E-state index contributed by atoms with van der Waals surface area (Å²) in [4.78, 5) is 33.3. The van der Waals surface area contributed by atoms with E-state index in [1.54, 1.807) is 24.4 Å². The van der Waals surface area contributed by atoms with E-state index in [0.717, 1.165) is 25.8 Å². The summed E-state index contributed by atoms with van der Waals surface area (Å²) in [5.41, 5.74) is 0.497. The zero-order valence-corrected chi connectivity index (χ0v) is 14.4. The number of pyridine rings is 1. The van der Waals surface area contributed by atoms with E-state index < -0.39 is 0 Å². The fraction of sp³-hybridized carbons (Fsp3) is 0.389. The molecule has 0 saturated carbocycles. The number of amides is 1. The molecule has 0 N–H and O–H groups in total. The van der Waals surface area contributed by atoms with Gasteiger partial charge in [0.15, 0.2) is 0 Å². The molecule has 6 heteroatoms. The van der Waals surface area contributed by atoms with Crippen LogP contribution in [0.5, 0.6) is 0 Å². The molecule has 1 saturated heterocycles. The molecule has 3 aromatic rings. The standard InChI is InChI=1S/C18H19N3O2S/c1-2-12-7-3-5-9-20(12)18(23)14-11-13-16(24-14)19-15-8-4-6-10-21(15)17(13)22/h4,6,8,10-12H,2-3,5,7,9H2,1H3/t12-/m0/s1. The Morgan fingerprint density at radius 3 is 3.08 bits per heavy atom. The highest BCUT2D eigenvalue weighted by Crippen LogP contribution is 2.27. The number of hydrogen-bond acceptors (Lipinski definition) is 4. The number of piperidine rings is 1. The van der Waals surface area contributed by atoms with Gasteiger partial charge in [0.25, 0.3) is 11.5 Å². The number of aromatic nitrogens is 2. The minimum atomic E-state index is -0.114. The van der Waals surface area contributed by atoms with E-state index in [1.807, 2.05) is 11.0 Å². The van der Waals surface area contributed by atoms with Gasteiger partial charge in [0, 0.05) is 18.8 Å². The lowest BCUT2D eigenvalue weighted by atomic mass is 10.00. The highest BCUT2D eigenvalue weighted by molar-refractivity contribution is 7.20. The molecule has 0 bridgehead atoms. The Labute approximate surface area is 143 Å². The molecular weight excluding hydrogens is 322 g/mol. The topological polar surface area (TPSA) is 54.7 Å². The monoisotopic (exact) mass is 341 g/mol. The van der Waals surface area contributed by atoms with E-state index in [9.17, 15) is 9.59 Å². The van der Waals surface area contributed by atoms with Gasteiger partial charge in [-0.05, 0) is 43.9 Å². The van der Waals surface area contributed by atoms with Crippen LogP contribution in [0.25, 0.3) is 15.9 Å². The van der Waals surface area contributed by atoms with Gasteiger partial charge in [-0.2, -0.15) is 0 Å². The van der Waals surface area contributed by atoms with Crippen LogP contribution in [0.2, 0.25) is 0 Å². The number of fused-ring (bicyclic) bond motifs is 2. The molecular formula is C18H19N3O2S. The molecule has 4 rings (SSSR count). The molecule has 1 aliphatic heterocycles. The minimum absolute atomic E-state index is 0.0398. The van der Waals surface area contributed by atoms with Crippen molar-refractivity contribution >= 4 is 33.1 Å². The Hall–Kier alpha value is -2.21. The van der Waals surface area contributed by atoms with Gasteiger partial charge in [0.1, 0.15) is 10.5 Å². The molecule has 0 radical (unpaired) electrons. The first-order valence-corrected chi connectivity index (χ1v) is 9.22. The maximum atomic E-state index is 12.9. The van der Waals surface area contributed by atoms with Gasteiger partial charge in [0.2, 0.25) is 0 Å². The number of nitrogens with zero attached hydrogens (tertiary/aromatic N) is 3. The molecule has 124 valence electrons. The van der Waals surface area contributed by atoms with E-state index in [4.69, 9.17) is 0 Å². The van der Waals surface area contributed by atoms with E-state index in [0.29, 0.717) is 26.8 Å². The van der Waals surface area contributed by atoms with Crippen LogP contribution in [0.15, 0.2) is 35.3 Å². The third-order valence-electron chi connectivity index (χ3n) is 4.79. The lowest BCUT2D eigenvalue weighted by molar-refractivity contribution is 0.0613. The van der Waals surface area contributed by atoms with Crippen LogP contribution in [-0.2, 0) is 0 Å². The zero-order chi connectivity index (χ0) is 16.7. The van der Waals surface area contributed by atoms with Crippen molar-refractivity contribution in [1.29, 1.82) is 0 Å². The van der Waals surface area contributed by atoms with E-state index >= 15 is 0 Å². The van der Waals surface area contributed by atoms with E-state index in [-0.39, 0.29) is 11.5 Å². The molecule has 0 unspecified atom stereocenters. The smallest absolute Gasteiger partial charge is 0.266 e. The molecule has 4 heterocycles. The summed E-state index contributed by atoms with van der Waals surface area (Å²) in [7, 11) is 0. The fourth-order valence-electron chi connectivity index (χ4n) is 3.49. The van der Waals surface area contributed by atoms with Crippen molar-refractivity contribution < 1.29 is 4.79 Å². The second kappa shape index (κ2) is 6.02. The van der Waals surface area contributed by atoms with Crippen molar-refractivity contribution in [3.63, 3.8) is 0 Å².